The average Bonchev–Trinajstić information content (AvgIpc) is 3.15. The monoisotopic (exact) mass is 462 g/mol. The van der Waals surface area contributed by atoms with E-state index in [9.17, 15) is 14.4 Å². The van der Waals surface area contributed by atoms with Crippen molar-refractivity contribution < 1.29 is 19.1 Å². The minimum Gasteiger partial charge on any atom is -0.466 e. The summed E-state index contributed by atoms with van der Waals surface area (Å²) in [5, 5.41) is 0.325. The number of fused-ring (bicyclic) bond motifs is 1. The van der Waals surface area contributed by atoms with E-state index in [4.69, 9.17) is 15.2 Å². The molecule has 0 saturated carbocycles. The molecular weight excluding hydrogens is 440 g/mol. The van der Waals surface area contributed by atoms with E-state index in [-0.39, 0.29) is 23.6 Å². The first kappa shape index (κ1) is 22.3. The zero-order valence-corrected chi connectivity index (χ0v) is 18.9. The highest BCUT2D eigenvalue weighted by atomic mass is 32.1. The van der Waals surface area contributed by atoms with Crippen LogP contribution < -0.4 is 20.5 Å². The maximum atomic E-state index is 13.3. The molecule has 3 aromatic rings. The number of carbonyl (C=O) groups is 2. The molecule has 2 aromatic carbocycles. The lowest BCUT2D eigenvalue weighted by Gasteiger charge is -2.27. The van der Waals surface area contributed by atoms with Crippen LogP contribution in [0.3, 0.4) is 0 Å². The van der Waals surface area contributed by atoms with E-state index in [2.05, 4.69) is 0 Å². The minimum atomic E-state index is -0.866. The smallest absolute Gasteiger partial charge is 0.338 e. The van der Waals surface area contributed by atoms with Crippen molar-refractivity contribution in [3.05, 3.63) is 96.9 Å². The van der Waals surface area contributed by atoms with Crippen LogP contribution in [-0.4, -0.2) is 30.2 Å². The molecule has 33 heavy (non-hydrogen) atoms. The number of hydrogen-bond acceptors (Lipinski definition) is 7. The van der Waals surface area contributed by atoms with Gasteiger partial charge in [0.25, 0.3) is 0 Å². The van der Waals surface area contributed by atoms with Gasteiger partial charge < -0.3 is 15.2 Å². The number of benzene rings is 2. The molecule has 2 N–H and O–H groups in total. The van der Waals surface area contributed by atoms with Crippen molar-refractivity contribution in [2.24, 2.45) is 5.73 Å². The first-order valence-electron chi connectivity index (χ1n) is 10.3. The molecule has 0 bridgehead atoms. The second kappa shape index (κ2) is 9.30. The quantitative estimate of drug-likeness (QED) is 0.578. The van der Waals surface area contributed by atoms with Gasteiger partial charge in [0.05, 0.1) is 40.7 Å². The number of methoxy groups -OCH3 is 1. The number of rotatable bonds is 5. The fraction of sp³-hybridized carbons (Fsp3) is 0.160. The van der Waals surface area contributed by atoms with E-state index in [1.165, 1.54) is 11.7 Å². The molecule has 0 radical (unpaired) electrons. The first-order chi connectivity index (χ1) is 16.0. The Balaban J connectivity index is 2.19. The first-order valence-corrected chi connectivity index (χ1v) is 11.1. The van der Waals surface area contributed by atoms with Gasteiger partial charge in [0.1, 0.15) is 5.82 Å². The van der Waals surface area contributed by atoms with Crippen LogP contribution in [0.1, 0.15) is 24.0 Å². The standard InChI is InChI=1S/C25H22N2O5S/c1-3-32-24(29)19-18(16-12-8-5-9-13-16)20(23(28)31-2)22(26)27-21(19)17(33-25(27)30)14-15-10-6-4-7-11-15/h4-14,18H,3,26H2,1-2H3. The van der Waals surface area contributed by atoms with Gasteiger partial charge in [0.15, 0.2) is 0 Å². The molecule has 1 aromatic heterocycles. The fourth-order valence-electron chi connectivity index (χ4n) is 3.94. The molecule has 0 saturated heterocycles. The maximum absolute atomic E-state index is 13.3. The third kappa shape index (κ3) is 4.01. The lowest BCUT2D eigenvalue weighted by molar-refractivity contribution is -0.136. The summed E-state index contributed by atoms with van der Waals surface area (Å²) in [6, 6.07) is 18.4. The Morgan fingerprint density at radius 2 is 1.67 bits per heavy atom. The molecule has 1 unspecified atom stereocenters. The van der Waals surface area contributed by atoms with Crippen molar-refractivity contribution >= 4 is 40.7 Å². The normalized spacial score (nSPS) is 15.9. The summed E-state index contributed by atoms with van der Waals surface area (Å²) in [6.07, 6.45) is 1.82. The molecule has 7 nitrogen and oxygen atoms in total. The molecule has 168 valence electrons. The molecule has 0 amide bonds. The highest BCUT2D eigenvalue weighted by Gasteiger charge is 2.39. The molecule has 0 aliphatic carbocycles. The molecular formula is C25H22N2O5S. The van der Waals surface area contributed by atoms with Crippen molar-refractivity contribution in [2.75, 3.05) is 13.7 Å². The highest BCUT2D eigenvalue weighted by Crippen LogP contribution is 2.37. The van der Waals surface area contributed by atoms with Crippen molar-refractivity contribution in [3.8, 4) is 0 Å². The van der Waals surface area contributed by atoms with Crippen LogP contribution in [0.25, 0.3) is 17.5 Å². The summed E-state index contributed by atoms with van der Waals surface area (Å²) in [7, 11) is 1.23. The third-order valence-electron chi connectivity index (χ3n) is 5.32. The van der Waals surface area contributed by atoms with Gasteiger partial charge >= 0.3 is 16.8 Å². The topological polar surface area (TPSA) is 101 Å². The van der Waals surface area contributed by atoms with Crippen LogP contribution >= 0.6 is 11.3 Å². The summed E-state index contributed by atoms with van der Waals surface area (Å²) in [6.45, 7) is 1.82. The molecule has 0 fully saturated rings. The summed E-state index contributed by atoms with van der Waals surface area (Å²) >= 11 is 0.944. The number of thiazole rings is 1. The SMILES string of the molecule is CCOC(=O)C1=c2c(=Cc3ccccc3)sc(=O)n2C(N)=C(C(=O)OC)C1c1ccccc1. The lowest BCUT2D eigenvalue weighted by atomic mass is 9.82. The number of aromatic nitrogens is 1. The highest BCUT2D eigenvalue weighted by molar-refractivity contribution is 7.07. The predicted octanol–water partition coefficient (Wildman–Crippen LogP) is 1.55. The van der Waals surface area contributed by atoms with Crippen LogP contribution in [0, 0.1) is 0 Å². The number of carbonyl (C=O) groups excluding carboxylic acids is 2. The van der Waals surface area contributed by atoms with Crippen LogP contribution in [-0.2, 0) is 19.1 Å². The zero-order chi connectivity index (χ0) is 23.5. The summed E-state index contributed by atoms with van der Waals surface area (Å²) in [4.78, 5) is 38.8. The molecule has 1 aliphatic rings. The Morgan fingerprint density at radius 1 is 1.03 bits per heavy atom. The maximum Gasteiger partial charge on any atom is 0.338 e. The van der Waals surface area contributed by atoms with E-state index in [0.717, 1.165) is 16.9 Å². The Bertz CT molecular complexity index is 1420. The van der Waals surface area contributed by atoms with E-state index in [1.54, 1.807) is 31.2 Å². The van der Waals surface area contributed by atoms with Crippen molar-refractivity contribution in [3.63, 3.8) is 0 Å². The molecule has 1 aliphatic heterocycles. The van der Waals surface area contributed by atoms with E-state index >= 15 is 0 Å². The molecule has 1 atom stereocenters. The van der Waals surface area contributed by atoms with Crippen molar-refractivity contribution in [1.82, 2.24) is 4.57 Å². The summed E-state index contributed by atoms with van der Waals surface area (Å²) in [5.41, 5.74) is 8.09. The van der Waals surface area contributed by atoms with Gasteiger partial charge in [-0.2, -0.15) is 0 Å². The number of ether oxygens (including phenoxy) is 2. The Morgan fingerprint density at radius 3 is 2.27 bits per heavy atom. The largest absolute Gasteiger partial charge is 0.466 e. The van der Waals surface area contributed by atoms with Crippen LogP contribution in [0.15, 0.2) is 71.0 Å². The van der Waals surface area contributed by atoms with E-state index in [0.29, 0.717) is 15.4 Å². The predicted molar refractivity (Wildman–Crippen MR) is 126 cm³/mol. The van der Waals surface area contributed by atoms with Crippen LogP contribution in [0.2, 0.25) is 0 Å². The van der Waals surface area contributed by atoms with Gasteiger partial charge in [0, 0.05) is 0 Å². The van der Waals surface area contributed by atoms with E-state index in [1.807, 2.05) is 42.5 Å². The molecule has 2 heterocycles. The Labute approximate surface area is 193 Å². The van der Waals surface area contributed by atoms with Crippen molar-refractivity contribution in [2.45, 2.75) is 12.8 Å². The lowest BCUT2D eigenvalue weighted by Crippen LogP contribution is -2.45. The second-order valence-corrected chi connectivity index (χ2v) is 8.23. The van der Waals surface area contributed by atoms with Gasteiger partial charge in [-0.05, 0) is 24.1 Å². The van der Waals surface area contributed by atoms with Crippen molar-refractivity contribution in [1.29, 1.82) is 0 Å². The number of nitrogens with zero attached hydrogens (tertiary/aromatic N) is 1. The molecule has 8 heteroatoms. The minimum absolute atomic E-state index is 0.0189. The van der Waals surface area contributed by atoms with Gasteiger partial charge in [-0.3, -0.25) is 9.36 Å². The van der Waals surface area contributed by atoms with Crippen LogP contribution in [0.4, 0.5) is 0 Å². The zero-order valence-electron chi connectivity index (χ0n) is 18.1. The van der Waals surface area contributed by atoms with Gasteiger partial charge in [-0.15, -0.1) is 0 Å². The average molecular weight is 463 g/mol. The van der Waals surface area contributed by atoms with Gasteiger partial charge in [0.2, 0.25) is 0 Å². The van der Waals surface area contributed by atoms with Gasteiger partial charge in [-0.25, -0.2) is 9.59 Å². The number of hydrogen-bond donors (Lipinski definition) is 1. The Kier molecular flexibility index (Phi) is 6.28. The fourth-order valence-corrected chi connectivity index (χ4v) is 4.91. The Hall–Kier alpha value is -3.91. The molecule has 4 rings (SSSR count). The van der Waals surface area contributed by atoms with E-state index < -0.39 is 22.7 Å². The van der Waals surface area contributed by atoms with Crippen LogP contribution in [0.5, 0.6) is 0 Å². The van der Waals surface area contributed by atoms with Gasteiger partial charge in [-0.1, -0.05) is 72.0 Å². The summed E-state index contributed by atoms with van der Waals surface area (Å²) in [5.74, 6) is -2.28. The third-order valence-corrected chi connectivity index (χ3v) is 6.21. The summed E-state index contributed by atoms with van der Waals surface area (Å²) < 4.78 is 12.1. The molecule has 0 spiro atoms. The second-order valence-electron chi connectivity index (χ2n) is 7.24. The number of nitrogens with two attached hydrogens (primary N) is 1. The number of esters is 2.